The summed E-state index contributed by atoms with van der Waals surface area (Å²) in [7, 11) is 3.56. The molecule has 1 aromatic rings. The van der Waals surface area contributed by atoms with E-state index in [1.165, 1.54) is 5.56 Å². The van der Waals surface area contributed by atoms with Gasteiger partial charge in [0.2, 0.25) is 5.91 Å². The number of rotatable bonds is 7. The maximum atomic E-state index is 12.8. The standard InChI is InChI=1S/C22H34N2O3/c1-18-6-4-5-7-19(18)14-21(25)24-10-8-22(9-11-24)17-23(12-13-26-2)15-20(22)16-27-3/h4-7,20H,8-17H2,1-3H3/t20-/m0/s1. The number of ether oxygens (including phenoxy) is 2. The summed E-state index contributed by atoms with van der Waals surface area (Å²) in [5, 5.41) is 0. The van der Waals surface area contributed by atoms with Gasteiger partial charge in [0.15, 0.2) is 0 Å². The van der Waals surface area contributed by atoms with Gasteiger partial charge in [-0.1, -0.05) is 24.3 Å². The fourth-order valence-corrected chi connectivity index (χ4v) is 4.82. The number of carbonyl (C=O) groups excluding carboxylic acids is 1. The minimum atomic E-state index is 0.261. The van der Waals surface area contributed by atoms with Gasteiger partial charge in [0, 0.05) is 52.9 Å². The molecular weight excluding hydrogens is 340 g/mol. The zero-order chi connectivity index (χ0) is 19.3. The lowest BCUT2D eigenvalue weighted by atomic mass is 9.71. The van der Waals surface area contributed by atoms with E-state index in [1.807, 2.05) is 12.1 Å². The van der Waals surface area contributed by atoms with Gasteiger partial charge in [-0.15, -0.1) is 0 Å². The van der Waals surface area contributed by atoms with Crippen molar-refractivity contribution >= 4 is 5.91 Å². The first-order valence-electron chi connectivity index (χ1n) is 10.1. The summed E-state index contributed by atoms with van der Waals surface area (Å²) in [6.07, 6.45) is 2.66. The molecule has 2 saturated heterocycles. The fraction of sp³-hybridized carbons (Fsp3) is 0.682. The van der Waals surface area contributed by atoms with Gasteiger partial charge in [-0.25, -0.2) is 0 Å². The number of methoxy groups -OCH3 is 2. The van der Waals surface area contributed by atoms with E-state index in [1.54, 1.807) is 14.2 Å². The van der Waals surface area contributed by atoms with Gasteiger partial charge in [-0.3, -0.25) is 4.79 Å². The van der Waals surface area contributed by atoms with Crippen LogP contribution in [-0.2, 0) is 20.7 Å². The first kappa shape index (κ1) is 20.3. The highest BCUT2D eigenvalue weighted by Crippen LogP contribution is 2.44. The van der Waals surface area contributed by atoms with Crippen molar-refractivity contribution in [1.82, 2.24) is 9.80 Å². The summed E-state index contributed by atoms with van der Waals surface area (Å²) < 4.78 is 10.8. The molecule has 5 nitrogen and oxygen atoms in total. The van der Waals surface area contributed by atoms with E-state index in [-0.39, 0.29) is 11.3 Å². The molecule has 0 saturated carbocycles. The first-order valence-corrected chi connectivity index (χ1v) is 10.1. The van der Waals surface area contributed by atoms with Gasteiger partial charge in [-0.05, 0) is 36.3 Å². The summed E-state index contributed by atoms with van der Waals surface area (Å²) in [5.41, 5.74) is 2.62. The van der Waals surface area contributed by atoms with Gasteiger partial charge in [-0.2, -0.15) is 0 Å². The second-order valence-corrected chi connectivity index (χ2v) is 8.23. The number of benzene rings is 1. The third kappa shape index (κ3) is 4.71. The molecule has 1 amide bonds. The highest BCUT2D eigenvalue weighted by molar-refractivity contribution is 5.79. The highest BCUT2D eigenvalue weighted by atomic mass is 16.5. The molecule has 0 N–H and O–H groups in total. The molecule has 2 aliphatic rings. The maximum Gasteiger partial charge on any atom is 0.226 e. The molecule has 0 bridgehead atoms. The molecule has 0 aliphatic carbocycles. The normalized spacial score (nSPS) is 22.5. The van der Waals surface area contributed by atoms with Crippen molar-refractivity contribution in [3.63, 3.8) is 0 Å². The molecule has 2 aliphatic heterocycles. The number of hydrogen-bond acceptors (Lipinski definition) is 4. The Morgan fingerprint density at radius 3 is 2.59 bits per heavy atom. The van der Waals surface area contributed by atoms with Crippen molar-refractivity contribution in [1.29, 1.82) is 0 Å². The van der Waals surface area contributed by atoms with Crippen molar-refractivity contribution in [3.05, 3.63) is 35.4 Å². The van der Waals surface area contributed by atoms with Crippen molar-refractivity contribution in [3.8, 4) is 0 Å². The molecular formula is C22H34N2O3. The van der Waals surface area contributed by atoms with Crippen LogP contribution in [0.15, 0.2) is 24.3 Å². The number of likely N-dealkylation sites (tertiary alicyclic amines) is 2. The van der Waals surface area contributed by atoms with E-state index < -0.39 is 0 Å². The number of hydrogen-bond donors (Lipinski definition) is 0. The molecule has 0 radical (unpaired) electrons. The summed E-state index contributed by atoms with van der Waals surface area (Å²) in [6.45, 7) is 8.55. The van der Waals surface area contributed by atoms with E-state index in [9.17, 15) is 4.79 Å². The number of nitrogens with zero attached hydrogens (tertiary/aromatic N) is 2. The third-order valence-electron chi connectivity index (χ3n) is 6.58. The van der Waals surface area contributed by atoms with Gasteiger partial charge in [0.05, 0.1) is 19.6 Å². The monoisotopic (exact) mass is 374 g/mol. The lowest BCUT2D eigenvalue weighted by Gasteiger charge is -2.42. The Morgan fingerprint density at radius 2 is 1.93 bits per heavy atom. The lowest BCUT2D eigenvalue weighted by molar-refractivity contribution is -0.133. The topological polar surface area (TPSA) is 42.0 Å². The summed E-state index contributed by atoms with van der Waals surface area (Å²) in [6, 6.07) is 8.19. The molecule has 5 heteroatoms. The average Bonchev–Trinajstić information content (AvgIpc) is 2.99. The lowest BCUT2D eigenvalue weighted by Crippen LogP contribution is -2.47. The van der Waals surface area contributed by atoms with Crippen LogP contribution < -0.4 is 0 Å². The van der Waals surface area contributed by atoms with Crippen molar-refractivity contribution in [2.45, 2.75) is 26.2 Å². The Kier molecular flexibility index (Phi) is 6.90. The van der Waals surface area contributed by atoms with Gasteiger partial charge >= 0.3 is 0 Å². The first-order chi connectivity index (χ1) is 13.1. The molecule has 2 heterocycles. The molecule has 3 rings (SSSR count). The molecule has 1 spiro atoms. The van der Waals surface area contributed by atoms with Crippen LogP contribution >= 0.6 is 0 Å². The Balaban J connectivity index is 1.59. The van der Waals surface area contributed by atoms with Crippen LogP contribution in [0.3, 0.4) is 0 Å². The van der Waals surface area contributed by atoms with E-state index in [0.717, 1.165) is 64.3 Å². The number of amides is 1. The Hall–Kier alpha value is -1.43. The molecule has 150 valence electrons. The van der Waals surface area contributed by atoms with E-state index >= 15 is 0 Å². The molecule has 0 unspecified atom stereocenters. The van der Waals surface area contributed by atoms with Crippen molar-refractivity contribution < 1.29 is 14.3 Å². The zero-order valence-corrected chi connectivity index (χ0v) is 17.1. The van der Waals surface area contributed by atoms with Gasteiger partial charge < -0.3 is 19.3 Å². The second-order valence-electron chi connectivity index (χ2n) is 8.23. The predicted octanol–water partition coefficient (Wildman–Crippen LogP) is 2.37. The van der Waals surface area contributed by atoms with Crippen LogP contribution in [0.2, 0.25) is 0 Å². The van der Waals surface area contributed by atoms with Crippen LogP contribution in [0, 0.1) is 18.3 Å². The molecule has 1 atom stereocenters. The van der Waals surface area contributed by atoms with Crippen LogP contribution in [0.1, 0.15) is 24.0 Å². The second kappa shape index (κ2) is 9.18. The minimum absolute atomic E-state index is 0.261. The average molecular weight is 375 g/mol. The molecule has 2 fully saturated rings. The van der Waals surface area contributed by atoms with Crippen LogP contribution in [0.25, 0.3) is 0 Å². The maximum absolute atomic E-state index is 12.8. The molecule has 27 heavy (non-hydrogen) atoms. The predicted molar refractivity (Wildman–Crippen MR) is 107 cm³/mol. The SMILES string of the molecule is COCCN1C[C@@H](COC)C2(CCN(C(=O)Cc3ccccc3C)CC2)C1. The van der Waals surface area contributed by atoms with Crippen LogP contribution in [-0.4, -0.2) is 75.9 Å². The number of carbonyl (C=O) groups is 1. The minimum Gasteiger partial charge on any atom is -0.384 e. The number of aryl methyl sites for hydroxylation is 1. The largest absolute Gasteiger partial charge is 0.384 e. The third-order valence-corrected chi connectivity index (χ3v) is 6.58. The highest BCUT2D eigenvalue weighted by Gasteiger charge is 2.48. The summed E-state index contributed by atoms with van der Waals surface area (Å²) >= 11 is 0. The van der Waals surface area contributed by atoms with E-state index in [4.69, 9.17) is 9.47 Å². The van der Waals surface area contributed by atoms with Crippen LogP contribution in [0.4, 0.5) is 0 Å². The Morgan fingerprint density at radius 1 is 1.19 bits per heavy atom. The number of piperidine rings is 1. The van der Waals surface area contributed by atoms with E-state index in [0.29, 0.717) is 12.3 Å². The van der Waals surface area contributed by atoms with Crippen LogP contribution in [0.5, 0.6) is 0 Å². The van der Waals surface area contributed by atoms with Crippen molar-refractivity contribution in [2.75, 3.05) is 60.2 Å². The van der Waals surface area contributed by atoms with Gasteiger partial charge in [0.1, 0.15) is 0 Å². The van der Waals surface area contributed by atoms with Gasteiger partial charge in [0.25, 0.3) is 0 Å². The van der Waals surface area contributed by atoms with E-state index in [2.05, 4.69) is 28.9 Å². The summed E-state index contributed by atoms with van der Waals surface area (Å²) in [4.78, 5) is 17.4. The Bertz CT molecular complexity index is 626. The fourth-order valence-electron chi connectivity index (χ4n) is 4.82. The molecule has 1 aromatic carbocycles. The summed E-state index contributed by atoms with van der Waals surface area (Å²) in [5.74, 6) is 0.810. The molecule has 0 aromatic heterocycles. The van der Waals surface area contributed by atoms with Crippen molar-refractivity contribution in [2.24, 2.45) is 11.3 Å². The quantitative estimate of drug-likeness (QED) is 0.735. The Labute approximate surface area is 163 Å². The smallest absolute Gasteiger partial charge is 0.226 e. The zero-order valence-electron chi connectivity index (χ0n) is 17.1.